The van der Waals surface area contributed by atoms with Gasteiger partial charge in [0.1, 0.15) is 0 Å². The van der Waals surface area contributed by atoms with Crippen LogP contribution in [0.5, 0.6) is 0 Å². The van der Waals surface area contributed by atoms with E-state index in [4.69, 9.17) is 0 Å². The lowest BCUT2D eigenvalue weighted by molar-refractivity contribution is -0.182. The van der Waals surface area contributed by atoms with Crippen LogP contribution in [0, 0.1) is 5.92 Å². The van der Waals surface area contributed by atoms with Gasteiger partial charge in [-0.25, -0.2) is 0 Å². The molecule has 1 unspecified atom stereocenters. The predicted molar refractivity (Wildman–Crippen MR) is 172 cm³/mol. The summed E-state index contributed by atoms with van der Waals surface area (Å²) < 4.78 is 0. The Morgan fingerprint density at radius 2 is 0.763 bits per heavy atom. The molecule has 0 saturated carbocycles. The third kappa shape index (κ3) is 38.0. The van der Waals surface area contributed by atoms with E-state index < -0.39 is 5.79 Å². The molecule has 0 saturated heterocycles. The van der Waals surface area contributed by atoms with E-state index in [0.717, 1.165) is 12.8 Å². The van der Waals surface area contributed by atoms with Gasteiger partial charge in [-0.2, -0.15) is 0 Å². The molecule has 0 fully saturated rings. The molecule has 234 valence electrons. The molecule has 0 amide bonds. The normalized spacial score (nSPS) is 12.2. The van der Waals surface area contributed by atoms with Crippen LogP contribution in [-0.2, 0) is 0 Å². The van der Waals surface area contributed by atoms with Crippen molar-refractivity contribution in [3.05, 3.63) is 0 Å². The van der Waals surface area contributed by atoms with Crippen LogP contribution in [-0.4, -0.2) is 41.5 Å². The lowest BCUT2D eigenvalue weighted by Crippen LogP contribution is -2.31. The average molecular weight is 545 g/mol. The third-order valence-electron chi connectivity index (χ3n) is 7.88. The first-order valence-corrected chi connectivity index (χ1v) is 16.8. The maximum Gasteiger partial charge on any atom is 0.162 e. The third-order valence-corrected chi connectivity index (χ3v) is 7.88. The largest absolute Gasteiger partial charge is 0.366 e. The Balaban J connectivity index is -0.000000636. The Kier molecular flexibility index (Phi) is 36.8. The molecule has 4 heteroatoms. The summed E-state index contributed by atoms with van der Waals surface area (Å²) in [6.07, 6.45) is 34.4. The Morgan fingerprint density at radius 3 is 1.03 bits per heavy atom. The second kappa shape index (κ2) is 33.0. The van der Waals surface area contributed by atoms with Gasteiger partial charge in [-0.15, -0.1) is 0 Å². The van der Waals surface area contributed by atoms with E-state index in [1.54, 1.807) is 0 Å². The zero-order chi connectivity index (χ0) is 28.0. The van der Waals surface area contributed by atoms with Crippen LogP contribution in [0.1, 0.15) is 188 Å². The first-order chi connectivity index (χ1) is 17.8. The van der Waals surface area contributed by atoms with Gasteiger partial charge in [-0.1, -0.05) is 168 Å². The van der Waals surface area contributed by atoms with E-state index in [1.807, 2.05) is 6.92 Å². The summed E-state index contributed by atoms with van der Waals surface area (Å²) in [4.78, 5) is 2.29. The highest BCUT2D eigenvalue weighted by molar-refractivity contribution is 4.66. The minimum atomic E-state index is -1.50. The maximum absolute atomic E-state index is 9.42. The van der Waals surface area contributed by atoms with E-state index in [0.29, 0.717) is 0 Å². The fourth-order valence-corrected chi connectivity index (χ4v) is 4.83. The quantitative estimate of drug-likeness (QED) is 0.0709. The summed E-state index contributed by atoms with van der Waals surface area (Å²) in [6.45, 7) is 9.22. The minimum Gasteiger partial charge on any atom is -0.366 e. The summed E-state index contributed by atoms with van der Waals surface area (Å²) in [7, 11) is 4.33. The standard InChI is InChI=1S/C18H38O2.C16H35N.H3N/c1-4-5-6-7-8-9-10-11-12-13-14-15-16-17(2)18(3,19)20;1-4-5-6-7-8-9-10-11-12-13-14-15-16-17(2)3;/h17,19-20H,4-16H2,1-3H3;4-16H2,1-3H3;1H3. The van der Waals surface area contributed by atoms with Crippen molar-refractivity contribution in [3.63, 3.8) is 0 Å². The smallest absolute Gasteiger partial charge is 0.162 e. The lowest BCUT2D eigenvalue weighted by atomic mass is 9.95. The van der Waals surface area contributed by atoms with Crippen LogP contribution in [0.15, 0.2) is 0 Å². The zero-order valence-corrected chi connectivity index (χ0v) is 27.5. The monoisotopic (exact) mass is 545 g/mol. The first-order valence-electron chi connectivity index (χ1n) is 16.8. The van der Waals surface area contributed by atoms with Gasteiger partial charge in [-0.3, -0.25) is 0 Å². The second-order valence-electron chi connectivity index (χ2n) is 12.4. The molecule has 0 aliphatic carbocycles. The summed E-state index contributed by atoms with van der Waals surface area (Å²) in [5.74, 6) is -1.52. The van der Waals surface area contributed by atoms with E-state index in [2.05, 4.69) is 32.8 Å². The lowest BCUT2D eigenvalue weighted by Gasteiger charge is -2.24. The van der Waals surface area contributed by atoms with E-state index in [1.165, 1.54) is 161 Å². The van der Waals surface area contributed by atoms with E-state index in [-0.39, 0.29) is 12.1 Å². The van der Waals surface area contributed by atoms with Crippen LogP contribution in [0.3, 0.4) is 0 Å². The Bertz CT molecular complexity index is 410. The minimum absolute atomic E-state index is 0. The van der Waals surface area contributed by atoms with Crippen molar-refractivity contribution in [1.29, 1.82) is 0 Å². The Hall–Kier alpha value is -0.160. The van der Waals surface area contributed by atoms with Crippen molar-refractivity contribution in [2.45, 2.75) is 194 Å². The van der Waals surface area contributed by atoms with E-state index >= 15 is 0 Å². The van der Waals surface area contributed by atoms with Crippen molar-refractivity contribution >= 4 is 0 Å². The maximum atomic E-state index is 9.42. The van der Waals surface area contributed by atoms with Crippen LogP contribution >= 0.6 is 0 Å². The summed E-state index contributed by atoms with van der Waals surface area (Å²) in [6, 6.07) is 0. The van der Waals surface area contributed by atoms with Crippen molar-refractivity contribution in [2.75, 3.05) is 20.6 Å². The molecule has 0 aromatic heterocycles. The molecule has 0 rings (SSSR count). The second-order valence-corrected chi connectivity index (χ2v) is 12.4. The molecule has 0 radical (unpaired) electrons. The molecule has 5 N–H and O–H groups in total. The summed E-state index contributed by atoms with van der Waals surface area (Å²) >= 11 is 0. The summed E-state index contributed by atoms with van der Waals surface area (Å²) in [5, 5.41) is 18.8. The number of unbranched alkanes of at least 4 members (excludes halogenated alkanes) is 22. The van der Waals surface area contributed by atoms with Gasteiger partial charge in [0.15, 0.2) is 5.79 Å². The zero-order valence-electron chi connectivity index (χ0n) is 27.5. The van der Waals surface area contributed by atoms with Gasteiger partial charge in [0.05, 0.1) is 0 Å². The number of hydrogen-bond donors (Lipinski definition) is 3. The topological polar surface area (TPSA) is 78.7 Å². The molecular weight excluding hydrogens is 468 g/mol. The van der Waals surface area contributed by atoms with Gasteiger partial charge in [0.2, 0.25) is 0 Å². The van der Waals surface area contributed by atoms with E-state index in [9.17, 15) is 10.2 Å². The molecule has 38 heavy (non-hydrogen) atoms. The van der Waals surface area contributed by atoms with Gasteiger partial charge < -0.3 is 21.3 Å². The Morgan fingerprint density at radius 1 is 0.500 bits per heavy atom. The Labute approximate surface area is 241 Å². The fraction of sp³-hybridized carbons (Fsp3) is 1.00. The molecule has 0 heterocycles. The molecule has 0 aliphatic rings. The van der Waals surface area contributed by atoms with Crippen LogP contribution in [0.4, 0.5) is 0 Å². The molecule has 0 spiro atoms. The SMILES string of the molecule is CCCCCCCCCCCCCCC(C)C(C)(O)O.CCCCCCCCCCCCCCN(C)C.N. The van der Waals surface area contributed by atoms with Crippen molar-refractivity contribution in [3.8, 4) is 0 Å². The molecule has 0 bridgehead atoms. The molecule has 4 nitrogen and oxygen atoms in total. The van der Waals surface area contributed by atoms with Gasteiger partial charge in [0.25, 0.3) is 0 Å². The molecular formula is C34H76N2O2. The highest BCUT2D eigenvalue weighted by Gasteiger charge is 2.23. The molecule has 0 aromatic rings. The van der Waals surface area contributed by atoms with Crippen LogP contribution in [0.25, 0.3) is 0 Å². The number of hydrogen-bond acceptors (Lipinski definition) is 4. The highest BCUT2D eigenvalue weighted by Crippen LogP contribution is 2.21. The van der Waals surface area contributed by atoms with Crippen LogP contribution in [0.2, 0.25) is 0 Å². The average Bonchev–Trinajstić information content (AvgIpc) is 2.85. The first kappa shape index (κ1) is 42.3. The highest BCUT2D eigenvalue weighted by atomic mass is 16.5. The van der Waals surface area contributed by atoms with Gasteiger partial charge in [-0.05, 0) is 40.4 Å². The number of nitrogens with zero attached hydrogens (tertiary/aromatic N) is 1. The predicted octanol–water partition coefficient (Wildman–Crippen LogP) is 10.8. The van der Waals surface area contributed by atoms with Gasteiger partial charge >= 0.3 is 0 Å². The van der Waals surface area contributed by atoms with Gasteiger partial charge in [0, 0.05) is 5.92 Å². The molecule has 0 aliphatic heterocycles. The number of rotatable bonds is 27. The molecule has 0 aromatic carbocycles. The molecule has 1 atom stereocenters. The number of aliphatic hydroxyl groups is 2. The van der Waals surface area contributed by atoms with Crippen molar-refractivity contribution < 1.29 is 10.2 Å². The fourth-order valence-electron chi connectivity index (χ4n) is 4.83. The van der Waals surface area contributed by atoms with Crippen molar-refractivity contribution in [2.24, 2.45) is 5.92 Å². The van der Waals surface area contributed by atoms with Crippen molar-refractivity contribution in [1.82, 2.24) is 11.1 Å². The van der Waals surface area contributed by atoms with Crippen LogP contribution < -0.4 is 6.15 Å². The summed E-state index contributed by atoms with van der Waals surface area (Å²) in [5.41, 5.74) is 0.